The van der Waals surface area contributed by atoms with Gasteiger partial charge in [0.25, 0.3) is 0 Å². The lowest BCUT2D eigenvalue weighted by atomic mass is 9.97. The Labute approximate surface area is 175 Å². The third kappa shape index (κ3) is 3.22. The van der Waals surface area contributed by atoms with Gasteiger partial charge in [0.1, 0.15) is 19.1 Å². The first-order valence-corrected chi connectivity index (χ1v) is 10.0. The molecule has 1 aliphatic rings. The van der Waals surface area contributed by atoms with Gasteiger partial charge in [-0.2, -0.15) is 5.10 Å². The molecular weight excluding hydrogens is 382 g/mol. The molecule has 1 aromatic carbocycles. The van der Waals surface area contributed by atoms with Crippen LogP contribution in [0.4, 0.5) is 0 Å². The van der Waals surface area contributed by atoms with Crippen LogP contribution in [0.5, 0.6) is 5.75 Å². The zero-order valence-corrected chi connectivity index (χ0v) is 18.0. The topological polar surface area (TPSA) is 96.3 Å². The molecule has 0 saturated carbocycles. The molecule has 1 unspecified atom stereocenters. The van der Waals surface area contributed by atoms with Crippen LogP contribution in [0.3, 0.4) is 0 Å². The Kier molecular flexibility index (Phi) is 5.44. The quantitative estimate of drug-likeness (QED) is 0.493. The first kappa shape index (κ1) is 20.3. The minimum absolute atomic E-state index is 0.0118. The van der Waals surface area contributed by atoms with Gasteiger partial charge in [0.05, 0.1) is 37.0 Å². The zero-order valence-electron chi connectivity index (χ0n) is 18.0. The van der Waals surface area contributed by atoms with Gasteiger partial charge in [0.15, 0.2) is 5.65 Å². The third-order valence-corrected chi connectivity index (χ3v) is 5.63. The predicted octanol–water partition coefficient (Wildman–Crippen LogP) is 3.64. The minimum atomic E-state index is -0.555. The fourth-order valence-electron chi connectivity index (χ4n) is 4.11. The Morgan fingerprint density at radius 1 is 1.37 bits per heavy atom. The number of methoxy groups -OCH3 is 1. The summed E-state index contributed by atoms with van der Waals surface area (Å²) in [6.45, 7) is 6.57. The summed E-state index contributed by atoms with van der Waals surface area (Å²) in [5, 5.41) is 8.90. The maximum Gasteiger partial charge on any atom is 0.163 e. The number of ether oxygens (including phenoxy) is 2. The molecule has 0 fully saturated rings. The molecule has 0 amide bonds. The molecule has 3 heterocycles. The van der Waals surface area contributed by atoms with Gasteiger partial charge in [-0.15, -0.1) is 0 Å². The second-order valence-corrected chi connectivity index (χ2v) is 7.42. The summed E-state index contributed by atoms with van der Waals surface area (Å²) in [6, 6.07) is 6.02. The molecule has 1 aliphatic heterocycles. The number of nitrogens with zero attached hydrogens (tertiary/aromatic N) is 4. The lowest BCUT2D eigenvalue weighted by molar-refractivity contribution is 0.0691. The first-order valence-electron chi connectivity index (χ1n) is 10.0. The SMILES string of the molecule is CC[C@H](C=NOC)c1c2c(nc3c(-c4ccc(OC)cc4C)c(C)nn13)C(N)OC2. The van der Waals surface area contributed by atoms with Crippen molar-refractivity contribution in [1.29, 1.82) is 0 Å². The molecule has 2 atom stereocenters. The number of hydrogen-bond donors (Lipinski definition) is 1. The van der Waals surface area contributed by atoms with Crippen molar-refractivity contribution in [2.24, 2.45) is 10.9 Å². The van der Waals surface area contributed by atoms with Crippen molar-refractivity contribution in [3.63, 3.8) is 0 Å². The average molecular weight is 409 g/mol. The summed E-state index contributed by atoms with van der Waals surface area (Å²) in [7, 11) is 3.21. The van der Waals surface area contributed by atoms with Crippen molar-refractivity contribution in [3.05, 3.63) is 46.4 Å². The maximum atomic E-state index is 6.22. The van der Waals surface area contributed by atoms with E-state index < -0.39 is 6.23 Å². The molecule has 3 aromatic rings. The summed E-state index contributed by atoms with van der Waals surface area (Å²) in [5.41, 5.74) is 13.7. The van der Waals surface area contributed by atoms with E-state index in [2.05, 4.69) is 19.0 Å². The third-order valence-electron chi connectivity index (χ3n) is 5.63. The van der Waals surface area contributed by atoms with Crippen LogP contribution in [-0.2, 0) is 16.2 Å². The van der Waals surface area contributed by atoms with Crippen molar-refractivity contribution >= 4 is 11.9 Å². The second kappa shape index (κ2) is 8.04. The Bertz CT molecular complexity index is 1120. The van der Waals surface area contributed by atoms with E-state index in [4.69, 9.17) is 30.1 Å². The van der Waals surface area contributed by atoms with Crippen LogP contribution in [0.2, 0.25) is 0 Å². The predicted molar refractivity (Wildman–Crippen MR) is 115 cm³/mol. The van der Waals surface area contributed by atoms with E-state index in [0.717, 1.165) is 57.2 Å². The number of rotatable bonds is 6. The molecule has 30 heavy (non-hydrogen) atoms. The van der Waals surface area contributed by atoms with Gasteiger partial charge in [-0.1, -0.05) is 18.1 Å². The fraction of sp³-hybridized carbons (Fsp3) is 0.409. The van der Waals surface area contributed by atoms with E-state index in [1.54, 1.807) is 13.3 Å². The lowest BCUT2D eigenvalue weighted by Gasteiger charge is -2.16. The van der Waals surface area contributed by atoms with E-state index >= 15 is 0 Å². The minimum Gasteiger partial charge on any atom is -0.497 e. The van der Waals surface area contributed by atoms with E-state index in [1.165, 1.54) is 7.11 Å². The van der Waals surface area contributed by atoms with E-state index in [9.17, 15) is 0 Å². The van der Waals surface area contributed by atoms with Crippen LogP contribution >= 0.6 is 0 Å². The summed E-state index contributed by atoms with van der Waals surface area (Å²) >= 11 is 0. The summed E-state index contributed by atoms with van der Waals surface area (Å²) < 4.78 is 13.0. The van der Waals surface area contributed by atoms with Crippen LogP contribution in [0.1, 0.15) is 53.7 Å². The molecule has 0 saturated heterocycles. The van der Waals surface area contributed by atoms with E-state index in [1.807, 2.05) is 29.6 Å². The molecule has 0 aliphatic carbocycles. The highest BCUT2D eigenvalue weighted by Gasteiger charge is 2.31. The monoisotopic (exact) mass is 409 g/mol. The summed E-state index contributed by atoms with van der Waals surface area (Å²) in [4.78, 5) is 9.86. The number of hydrogen-bond acceptors (Lipinski definition) is 7. The standard InChI is InChI=1S/C22H27N5O3/c1-6-14(10-24-29-5)20-17-11-30-21(23)19(17)25-22-18(13(3)26-27(20)22)16-8-7-15(28-4)9-12(16)2/h7-10,14,21H,6,11,23H2,1-5H3/t14-,21?/m1/s1. The molecule has 158 valence electrons. The zero-order chi connectivity index (χ0) is 21.4. The van der Waals surface area contributed by atoms with Crippen LogP contribution in [0.25, 0.3) is 16.8 Å². The molecule has 8 heteroatoms. The molecule has 8 nitrogen and oxygen atoms in total. The Morgan fingerprint density at radius 2 is 2.17 bits per heavy atom. The van der Waals surface area contributed by atoms with Crippen molar-refractivity contribution in [3.8, 4) is 16.9 Å². The second-order valence-electron chi connectivity index (χ2n) is 7.42. The number of fused-ring (bicyclic) bond motifs is 2. The molecule has 2 N–H and O–H groups in total. The molecule has 0 bridgehead atoms. The van der Waals surface area contributed by atoms with Crippen LogP contribution < -0.4 is 10.5 Å². The molecule has 0 radical (unpaired) electrons. The van der Waals surface area contributed by atoms with Crippen molar-refractivity contribution < 1.29 is 14.3 Å². The highest BCUT2D eigenvalue weighted by molar-refractivity contribution is 5.83. The van der Waals surface area contributed by atoms with Gasteiger partial charge >= 0.3 is 0 Å². The van der Waals surface area contributed by atoms with Crippen LogP contribution in [0.15, 0.2) is 23.4 Å². The number of nitrogens with two attached hydrogens (primary N) is 1. The lowest BCUT2D eigenvalue weighted by Crippen LogP contribution is -2.15. The number of aryl methyl sites for hydroxylation is 2. The Hall–Kier alpha value is -2.97. The average Bonchev–Trinajstić information content (AvgIpc) is 3.27. The summed E-state index contributed by atoms with van der Waals surface area (Å²) in [6.07, 6.45) is 2.07. The maximum absolute atomic E-state index is 6.22. The molecular formula is C22H27N5O3. The van der Waals surface area contributed by atoms with Gasteiger partial charge in [-0.3, -0.25) is 0 Å². The van der Waals surface area contributed by atoms with Gasteiger partial charge < -0.3 is 20.0 Å². The van der Waals surface area contributed by atoms with Gasteiger partial charge in [-0.25, -0.2) is 9.50 Å². The van der Waals surface area contributed by atoms with Crippen LogP contribution in [0, 0.1) is 13.8 Å². The van der Waals surface area contributed by atoms with E-state index in [-0.39, 0.29) is 5.92 Å². The smallest absolute Gasteiger partial charge is 0.163 e. The highest BCUT2D eigenvalue weighted by Crippen LogP contribution is 2.38. The molecule has 2 aromatic heterocycles. The normalized spacial score (nSPS) is 16.9. The Morgan fingerprint density at radius 3 is 2.83 bits per heavy atom. The largest absolute Gasteiger partial charge is 0.497 e. The fourth-order valence-corrected chi connectivity index (χ4v) is 4.11. The Balaban J connectivity index is 2.02. The van der Waals surface area contributed by atoms with Crippen molar-refractivity contribution in [2.45, 2.75) is 45.9 Å². The summed E-state index contributed by atoms with van der Waals surface area (Å²) in [5.74, 6) is 0.805. The van der Waals surface area contributed by atoms with Crippen molar-refractivity contribution in [2.75, 3.05) is 14.2 Å². The molecule has 0 spiro atoms. The van der Waals surface area contributed by atoms with Gasteiger partial charge in [-0.05, 0) is 43.5 Å². The highest BCUT2D eigenvalue weighted by atomic mass is 16.6. The first-order chi connectivity index (χ1) is 14.5. The van der Waals surface area contributed by atoms with Gasteiger partial charge in [0, 0.05) is 17.0 Å². The number of oxime groups is 1. The van der Waals surface area contributed by atoms with Crippen molar-refractivity contribution in [1.82, 2.24) is 14.6 Å². The van der Waals surface area contributed by atoms with Gasteiger partial charge in [0.2, 0.25) is 0 Å². The van der Waals surface area contributed by atoms with Crippen LogP contribution in [-0.4, -0.2) is 35.0 Å². The number of aromatic nitrogens is 3. The van der Waals surface area contributed by atoms with E-state index in [0.29, 0.717) is 6.61 Å². The number of benzene rings is 1. The molecule has 4 rings (SSSR count).